The third-order valence-electron chi connectivity index (χ3n) is 2.60. The first-order valence-corrected chi connectivity index (χ1v) is 7.09. The summed E-state index contributed by atoms with van der Waals surface area (Å²) in [6, 6.07) is 5.81. The smallest absolute Gasteiger partial charge is 0.292 e. The highest BCUT2D eigenvalue weighted by Gasteiger charge is 2.20. The zero-order valence-corrected chi connectivity index (χ0v) is 13.6. The van der Waals surface area contributed by atoms with E-state index in [1.165, 1.54) is 36.8 Å². The van der Waals surface area contributed by atoms with E-state index in [1.54, 1.807) is 0 Å². The van der Waals surface area contributed by atoms with Crippen molar-refractivity contribution in [2.24, 2.45) is 0 Å². The van der Waals surface area contributed by atoms with Gasteiger partial charge in [-0.05, 0) is 24.3 Å². The molecule has 8 heteroatoms. The van der Waals surface area contributed by atoms with Gasteiger partial charge >= 0.3 is 0 Å². The van der Waals surface area contributed by atoms with Gasteiger partial charge in [-0.25, -0.2) is 0 Å². The summed E-state index contributed by atoms with van der Waals surface area (Å²) in [5.41, 5.74) is 0.627. The van der Waals surface area contributed by atoms with Gasteiger partial charge in [0.05, 0.1) is 10.0 Å². The highest BCUT2D eigenvalue weighted by molar-refractivity contribution is 6.37. The van der Waals surface area contributed by atoms with Crippen LogP contribution in [0.4, 0.5) is 0 Å². The topological polar surface area (TPSA) is 66.0 Å². The zero-order valence-electron chi connectivity index (χ0n) is 10.5. The lowest BCUT2D eigenvalue weighted by Gasteiger charge is -2.13. The fraction of sp³-hybridized carbons (Fsp3) is 0. The van der Waals surface area contributed by atoms with E-state index in [2.05, 4.69) is 0 Å². The summed E-state index contributed by atoms with van der Waals surface area (Å²) < 4.78 is 9.76. The standard InChI is InChI=1S/C14H4Cl4N2O2/c15-7-1-9(13(21-5-19)11(17)3-7)10-2-8(16)4-12(18)14(10)22-6-20/h1-4H. The van der Waals surface area contributed by atoms with Gasteiger partial charge in [0, 0.05) is 21.2 Å². The number of rotatable bonds is 3. The molecule has 0 amide bonds. The van der Waals surface area contributed by atoms with Gasteiger partial charge < -0.3 is 9.47 Å². The largest absolute Gasteiger partial charge is 0.386 e. The molecule has 22 heavy (non-hydrogen) atoms. The molecule has 2 rings (SSSR count). The minimum atomic E-state index is 0.0506. The van der Waals surface area contributed by atoms with Crippen molar-refractivity contribution in [1.29, 1.82) is 10.5 Å². The van der Waals surface area contributed by atoms with Gasteiger partial charge in [-0.1, -0.05) is 46.4 Å². The lowest BCUT2D eigenvalue weighted by Crippen LogP contribution is -1.93. The SMILES string of the molecule is N#COc1c(Cl)cc(Cl)cc1-c1cc(Cl)cc(Cl)c1OC#N. The van der Waals surface area contributed by atoms with Gasteiger partial charge in [-0.15, -0.1) is 10.5 Å². The van der Waals surface area contributed by atoms with E-state index in [4.69, 9.17) is 66.4 Å². The summed E-state index contributed by atoms with van der Waals surface area (Å²) in [7, 11) is 0. The van der Waals surface area contributed by atoms with E-state index in [0.29, 0.717) is 21.2 Å². The van der Waals surface area contributed by atoms with Gasteiger partial charge in [-0.2, -0.15) is 0 Å². The molecule has 0 bridgehead atoms. The predicted molar refractivity (Wildman–Crippen MR) is 84.4 cm³/mol. The Bertz CT molecular complexity index is 756. The molecule has 0 aliphatic heterocycles. The van der Waals surface area contributed by atoms with Crippen LogP contribution in [0.5, 0.6) is 11.5 Å². The zero-order chi connectivity index (χ0) is 16.3. The Morgan fingerprint density at radius 3 is 1.36 bits per heavy atom. The molecule has 0 fully saturated rings. The Kier molecular flexibility index (Phi) is 5.24. The van der Waals surface area contributed by atoms with Crippen molar-refractivity contribution < 1.29 is 9.47 Å². The molecular formula is C14H4Cl4N2O2. The second kappa shape index (κ2) is 6.96. The predicted octanol–water partition coefficient (Wildman–Crippen LogP) is 5.69. The second-order valence-electron chi connectivity index (χ2n) is 3.92. The van der Waals surface area contributed by atoms with Gasteiger partial charge in [-0.3, -0.25) is 0 Å². The average Bonchev–Trinajstić information content (AvgIpc) is 2.44. The Labute approximate surface area is 145 Å². The van der Waals surface area contributed by atoms with Crippen molar-refractivity contribution in [2.45, 2.75) is 0 Å². The van der Waals surface area contributed by atoms with Crippen molar-refractivity contribution in [1.82, 2.24) is 0 Å². The second-order valence-corrected chi connectivity index (χ2v) is 5.60. The first-order valence-electron chi connectivity index (χ1n) is 5.58. The molecule has 110 valence electrons. The molecule has 0 N–H and O–H groups in total. The van der Waals surface area contributed by atoms with E-state index >= 15 is 0 Å². The Morgan fingerprint density at radius 2 is 1.05 bits per heavy atom. The molecule has 4 nitrogen and oxygen atoms in total. The van der Waals surface area contributed by atoms with E-state index in [9.17, 15) is 0 Å². The monoisotopic (exact) mass is 372 g/mol. The molecule has 2 aromatic rings. The van der Waals surface area contributed by atoms with Crippen LogP contribution in [0, 0.1) is 23.0 Å². The number of hydrogen-bond donors (Lipinski definition) is 0. The third-order valence-corrected chi connectivity index (χ3v) is 3.60. The van der Waals surface area contributed by atoms with E-state index in [1.807, 2.05) is 0 Å². The maximum Gasteiger partial charge on any atom is 0.292 e. The lowest BCUT2D eigenvalue weighted by atomic mass is 10.0. The summed E-state index contributed by atoms with van der Waals surface area (Å²) in [5.74, 6) is 0.101. The molecule has 0 aliphatic carbocycles. The quantitative estimate of drug-likeness (QED) is 0.648. The van der Waals surface area contributed by atoms with Crippen molar-refractivity contribution in [3.05, 3.63) is 44.4 Å². The van der Waals surface area contributed by atoms with Crippen LogP contribution in [0.15, 0.2) is 24.3 Å². The highest BCUT2D eigenvalue weighted by Crippen LogP contribution is 2.46. The molecule has 0 aliphatic rings. The molecule has 0 spiro atoms. The fourth-order valence-corrected chi connectivity index (χ4v) is 2.88. The van der Waals surface area contributed by atoms with Crippen LogP contribution in [0.1, 0.15) is 0 Å². The minimum Gasteiger partial charge on any atom is -0.386 e. The van der Waals surface area contributed by atoms with E-state index in [-0.39, 0.29) is 21.5 Å². The van der Waals surface area contributed by atoms with Gasteiger partial charge in [0.1, 0.15) is 0 Å². The van der Waals surface area contributed by atoms with Gasteiger partial charge in [0.15, 0.2) is 11.5 Å². The van der Waals surface area contributed by atoms with Gasteiger partial charge in [0.2, 0.25) is 0 Å². The summed E-state index contributed by atoms with van der Waals surface area (Å²) in [6.45, 7) is 0. The van der Waals surface area contributed by atoms with Crippen LogP contribution >= 0.6 is 46.4 Å². The van der Waals surface area contributed by atoms with Crippen molar-refractivity contribution in [2.75, 3.05) is 0 Å². The number of nitrogens with zero attached hydrogens (tertiary/aromatic N) is 2. The molecule has 2 aromatic carbocycles. The van der Waals surface area contributed by atoms with Gasteiger partial charge in [0.25, 0.3) is 12.5 Å². The molecule has 0 saturated heterocycles. The number of ether oxygens (including phenoxy) is 2. The van der Waals surface area contributed by atoms with Crippen LogP contribution in [-0.4, -0.2) is 0 Å². The highest BCUT2D eigenvalue weighted by atomic mass is 35.5. The Hall–Kier alpha value is -1.82. The maximum absolute atomic E-state index is 8.77. The Morgan fingerprint density at radius 1 is 0.682 bits per heavy atom. The van der Waals surface area contributed by atoms with Crippen molar-refractivity contribution >= 4 is 46.4 Å². The minimum absolute atomic E-state index is 0.0506. The molecule has 0 aromatic heterocycles. The maximum atomic E-state index is 8.77. The van der Waals surface area contributed by atoms with Crippen LogP contribution in [-0.2, 0) is 0 Å². The van der Waals surface area contributed by atoms with Crippen LogP contribution in [0.3, 0.4) is 0 Å². The lowest BCUT2D eigenvalue weighted by molar-refractivity contribution is 0.502. The summed E-state index contributed by atoms with van der Waals surface area (Å²) in [4.78, 5) is 0. The first kappa shape index (κ1) is 16.5. The summed E-state index contributed by atoms with van der Waals surface area (Å²) in [5, 5.41) is 18.4. The number of hydrogen-bond acceptors (Lipinski definition) is 4. The molecule has 0 atom stereocenters. The normalized spacial score (nSPS) is 9.73. The fourth-order valence-electron chi connectivity index (χ4n) is 1.82. The molecule has 0 saturated carbocycles. The van der Waals surface area contributed by atoms with E-state index in [0.717, 1.165) is 0 Å². The third kappa shape index (κ3) is 3.32. The van der Waals surface area contributed by atoms with Crippen LogP contribution < -0.4 is 9.47 Å². The summed E-state index contributed by atoms with van der Waals surface area (Å²) >= 11 is 24.1. The van der Waals surface area contributed by atoms with Crippen molar-refractivity contribution in [3.63, 3.8) is 0 Å². The molecular weight excluding hydrogens is 370 g/mol. The number of nitriles is 2. The number of benzene rings is 2. The first-order chi connectivity index (χ1) is 10.5. The van der Waals surface area contributed by atoms with Crippen LogP contribution in [0.25, 0.3) is 11.1 Å². The molecule has 0 unspecified atom stereocenters. The Balaban J connectivity index is 2.82. The van der Waals surface area contributed by atoms with Crippen LogP contribution in [0.2, 0.25) is 20.1 Å². The van der Waals surface area contributed by atoms with E-state index < -0.39 is 0 Å². The van der Waals surface area contributed by atoms with Crippen molar-refractivity contribution in [3.8, 4) is 35.1 Å². The summed E-state index contributed by atoms with van der Waals surface area (Å²) in [6.07, 6.45) is 3.07. The number of halogens is 4. The average molecular weight is 374 g/mol. The molecule has 0 radical (unpaired) electrons. The molecule has 0 heterocycles.